The number of carbonyl (C=O) groups is 1. The number of amides is 1. The number of amidine groups is 1. The molecule has 11 heteroatoms. The quantitative estimate of drug-likeness (QED) is 0.393. The standard InChI is InChI=1S/C20H26F3N5O2S/c1-6-7-10-28-18(31-17(26-28)19(3,4)5)25-16(29)14-11-13(20(21,22)23)8-9-15(14)30-27-12(2)24/h8-9,11H,6-7,10H2,1-5H3,(H2,24,27). The molecule has 0 spiro atoms. The monoisotopic (exact) mass is 457 g/mol. The number of hydrogen-bond donors (Lipinski definition) is 1. The maximum atomic E-state index is 13.2. The molecule has 0 radical (unpaired) electrons. The van der Waals surface area contributed by atoms with Crippen LogP contribution in [0.1, 0.15) is 68.4 Å². The lowest BCUT2D eigenvalue weighted by atomic mass is 9.98. The van der Waals surface area contributed by atoms with E-state index in [2.05, 4.69) is 15.2 Å². The van der Waals surface area contributed by atoms with Gasteiger partial charge in [-0.05, 0) is 31.5 Å². The van der Waals surface area contributed by atoms with E-state index in [0.717, 1.165) is 30.0 Å². The summed E-state index contributed by atoms with van der Waals surface area (Å²) in [5.41, 5.74) is 3.79. The normalized spacial score (nSPS) is 13.5. The van der Waals surface area contributed by atoms with Crippen molar-refractivity contribution in [3.8, 4) is 5.75 Å². The second-order valence-corrected chi connectivity index (χ2v) is 8.92. The van der Waals surface area contributed by atoms with Gasteiger partial charge in [-0.2, -0.15) is 23.3 Å². The summed E-state index contributed by atoms with van der Waals surface area (Å²) in [4.78, 5) is 22.4. The predicted molar refractivity (Wildman–Crippen MR) is 113 cm³/mol. The number of halogens is 3. The Labute approximate surface area is 182 Å². The molecule has 1 aromatic heterocycles. The Morgan fingerprint density at radius 2 is 1.97 bits per heavy atom. The van der Waals surface area contributed by atoms with Crippen molar-refractivity contribution in [1.29, 1.82) is 0 Å². The largest absolute Gasteiger partial charge is 0.416 e. The van der Waals surface area contributed by atoms with Crippen LogP contribution in [0.15, 0.2) is 28.3 Å². The first-order valence-corrected chi connectivity index (χ1v) is 10.5. The Balaban J connectivity index is 2.60. The number of benzene rings is 1. The number of nitrogens with two attached hydrogens (primary N) is 1. The van der Waals surface area contributed by atoms with Crippen LogP contribution in [-0.4, -0.2) is 21.5 Å². The third-order valence-electron chi connectivity index (χ3n) is 4.01. The van der Waals surface area contributed by atoms with E-state index in [1.165, 1.54) is 18.3 Å². The first kappa shape index (κ1) is 24.6. The maximum absolute atomic E-state index is 13.2. The minimum atomic E-state index is -4.63. The Hall–Kier alpha value is -2.69. The molecule has 0 fully saturated rings. The summed E-state index contributed by atoms with van der Waals surface area (Å²) in [5, 5.41) is 8.84. The van der Waals surface area contributed by atoms with Crippen LogP contribution in [0.2, 0.25) is 0 Å². The fourth-order valence-corrected chi connectivity index (χ4v) is 3.35. The van der Waals surface area contributed by atoms with Crippen molar-refractivity contribution in [2.75, 3.05) is 0 Å². The molecule has 0 saturated heterocycles. The lowest BCUT2D eigenvalue weighted by Gasteiger charge is -2.12. The fourth-order valence-electron chi connectivity index (χ4n) is 2.37. The van der Waals surface area contributed by atoms with E-state index in [1.807, 2.05) is 27.7 Å². The third kappa shape index (κ3) is 6.65. The van der Waals surface area contributed by atoms with Gasteiger partial charge < -0.3 is 10.6 Å². The van der Waals surface area contributed by atoms with Crippen LogP contribution in [0, 0.1) is 0 Å². The van der Waals surface area contributed by atoms with Crippen molar-refractivity contribution < 1.29 is 22.8 Å². The van der Waals surface area contributed by atoms with Crippen molar-refractivity contribution in [3.63, 3.8) is 0 Å². The molecule has 0 atom stereocenters. The molecular formula is C20H26F3N5O2S. The highest BCUT2D eigenvalue weighted by Crippen LogP contribution is 2.33. The first-order valence-electron chi connectivity index (χ1n) is 9.68. The van der Waals surface area contributed by atoms with Crippen LogP contribution in [0.4, 0.5) is 13.2 Å². The molecule has 1 aromatic carbocycles. The van der Waals surface area contributed by atoms with Gasteiger partial charge in [0.1, 0.15) is 10.8 Å². The van der Waals surface area contributed by atoms with Gasteiger partial charge in [-0.25, -0.2) is 4.68 Å². The van der Waals surface area contributed by atoms with Crippen molar-refractivity contribution in [2.45, 2.75) is 65.6 Å². The second kappa shape index (κ2) is 9.63. The lowest BCUT2D eigenvalue weighted by molar-refractivity contribution is -0.137. The topological polar surface area (TPSA) is 94.9 Å². The van der Waals surface area contributed by atoms with E-state index in [-0.39, 0.29) is 22.6 Å². The summed E-state index contributed by atoms with van der Waals surface area (Å²) in [5.74, 6) is -1.02. The van der Waals surface area contributed by atoms with Crippen molar-refractivity contribution in [3.05, 3.63) is 39.1 Å². The Bertz CT molecular complexity index is 1030. The number of carbonyl (C=O) groups excluding carboxylic acids is 1. The van der Waals surface area contributed by atoms with Crippen LogP contribution in [0.25, 0.3) is 0 Å². The summed E-state index contributed by atoms with van der Waals surface area (Å²) >= 11 is 1.23. The predicted octanol–water partition coefficient (Wildman–Crippen LogP) is 4.47. The van der Waals surface area contributed by atoms with Crippen LogP contribution < -0.4 is 15.4 Å². The molecular weight excluding hydrogens is 431 g/mol. The summed E-state index contributed by atoms with van der Waals surface area (Å²) in [6.45, 7) is 9.94. The molecule has 170 valence electrons. The summed E-state index contributed by atoms with van der Waals surface area (Å²) < 4.78 is 41.2. The fraction of sp³-hybridized carbons (Fsp3) is 0.500. The molecule has 1 heterocycles. The highest BCUT2D eigenvalue weighted by atomic mass is 32.1. The number of unbranched alkanes of at least 4 members (excludes halogenated alkanes) is 1. The lowest BCUT2D eigenvalue weighted by Crippen LogP contribution is -2.19. The number of aryl methyl sites for hydroxylation is 1. The van der Waals surface area contributed by atoms with Gasteiger partial charge in [0.2, 0.25) is 4.80 Å². The van der Waals surface area contributed by atoms with Crippen LogP contribution in [-0.2, 0) is 18.1 Å². The number of aromatic nitrogens is 2. The number of nitrogens with zero attached hydrogens (tertiary/aromatic N) is 4. The number of rotatable bonds is 6. The third-order valence-corrected chi connectivity index (χ3v) is 5.38. The molecule has 1 amide bonds. The van der Waals surface area contributed by atoms with Gasteiger partial charge >= 0.3 is 6.18 Å². The van der Waals surface area contributed by atoms with Gasteiger partial charge in [0.05, 0.1) is 11.1 Å². The van der Waals surface area contributed by atoms with Crippen LogP contribution >= 0.6 is 11.3 Å². The van der Waals surface area contributed by atoms with E-state index in [4.69, 9.17) is 10.6 Å². The Morgan fingerprint density at radius 3 is 2.52 bits per heavy atom. The zero-order valence-electron chi connectivity index (χ0n) is 18.1. The first-order chi connectivity index (χ1) is 14.3. The Morgan fingerprint density at radius 1 is 1.29 bits per heavy atom. The molecule has 0 aliphatic rings. The molecule has 2 rings (SSSR count). The summed E-state index contributed by atoms with van der Waals surface area (Å²) in [7, 11) is 0. The van der Waals surface area contributed by atoms with Gasteiger partial charge in [-0.15, -0.1) is 0 Å². The minimum Gasteiger partial charge on any atom is -0.385 e. The molecule has 31 heavy (non-hydrogen) atoms. The average Bonchev–Trinajstić information content (AvgIpc) is 3.06. The van der Waals surface area contributed by atoms with E-state index in [9.17, 15) is 18.0 Å². The van der Waals surface area contributed by atoms with E-state index in [1.54, 1.807) is 4.68 Å². The summed E-state index contributed by atoms with van der Waals surface area (Å²) in [6.07, 6.45) is -2.91. The van der Waals surface area contributed by atoms with Gasteiger partial charge in [-0.3, -0.25) is 4.79 Å². The molecule has 7 nitrogen and oxygen atoms in total. The van der Waals surface area contributed by atoms with Crippen molar-refractivity contribution in [2.24, 2.45) is 15.9 Å². The summed E-state index contributed by atoms with van der Waals surface area (Å²) in [6, 6.07) is 2.53. The molecule has 0 aliphatic carbocycles. The maximum Gasteiger partial charge on any atom is 0.416 e. The zero-order chi connectivity index (χ0) is 23.4. The molecule has 0 unspecified atom stereocenters. The van der Waals surface area contributed by atoms with Crippen molar-refractivity contribution >= 4 is 23.1 Å². The number of alkyl halides is 3. The van der Waals surface area contributed by atoms with Gasteiger partial charge in [0.25, 0.3) is 5.91 Å². The highest BCUT2D eigenvalue weighted by Gasteiger charge is 2.32. The van der Waals surface area contributed by atoms with E-state index < -0.39 is 17.6 Å². The van der Waals surface area contributed by atoms with Crippen molar-refractivity contribution in [1.82, 2.24) is 9.78 Å². The highest BCUT2D eigenvalue weighted by molar-refractivity contribution is 7.09. The van der Waals surface area contributed by atoms with Gasteiger partial charge in [0.15, 0.2) is 5.75 Å². The number of hydrogen-bond acceptors (Lipinski definition) is 5. The molecule has 2 aromatic rings. The smallest absolute Gasteiger partial charge is 0.385 e. The van der Waals surface area contributed by atoms with Gasteiger partial charge in [0, 0.05) is 12.0 Å². The van der Waals surface area contributed by atoms with E-state index in [0.29, 0.717) is 17.4 Å². The second-order valence-electron chi connectivity index (χ2n) is 7.97. The zero-order valence-corrected chi connectivity index (χ0v) is 18.9. The minimum absolute atomic E-state index is 0.0462. The SMILES string of the molecule is CCCCn1nc(C(C)(C)C)sc1=NC(=O)c1cc(C(F)(F)F)ccc1O/N=C(\C)N. The van der Waals surface area contributed by atoms with E-state index >= 15 is 0 Å². The van der Waals surface area contributed by atoms with Gasteiger partial charge in [-0.1, -0.05) is 50.6 Å². The molecule has 0 bridgehead atoms. The molecule has 2 N–H and O–H groups in total. The molecule has 0 saturated carbocycles. The number of oxime groups is 1. The Kier molecular flexibility index (Phi) is 7.63. The average molecular weight is 458 g/mol. The molecule has 0 aliphatic heterocycles. The van der Waals surface area contributed by atoms with Crippen LogP contribution in [0.5, 0.6) is 5.75 Å². The van der Waals surface area contributed by atoms with Crippen LogP contribution in [0.3, 0.4) is 0 Å².